The molecule has 1 aliphatic heterocycles. The van der Waals surface area contributed by atoms with Gasteiger partial charge in [0.2, 0.25) is 0 Å². The van der Waals surface area contributed by atoms with Crippen LogP contribution in [0.15, 0.2) is 6.20 Å². The highest BCUT2D eigenvalue weighted by Gasteiger charge is 2.32. The van der Waals surface area contributed by atoms with Crippen molar-refractivity contribution in [1.82, 2.24) is 15.1 Å². The zero-order chi connectivity index (χ0) is 11.0. The lowest BCUT2D eigenvalue weighted by atomic mass is 9.92. The molecule has 1 aliphatic rings. The lowest BCUT2D eigenvalue weighted by Crippen LogP contribution is -2.46. The second kappa shape index (κ2) is 3.56. The summed E-state index contributed by atoms with van der Waals surface area (Å²) in [5.74, 6) is 0.317. The summed E-state index contributed by atoms with van der Waals surface area (Å²) in [4.78, 5) is 12.6. The summed E-state index contributed by atoms with van der Waals surface area (Å²) < 4.78 is 0. The van der Waals surface area contributed by atoms with Crippen LogP contribution >= 0.6 is 0 Å². The Morgan fingerprint density at radius 3 is 3.07 bits per heavy atom. The number of H-pyrrole nitrogens is 1. The van der Waals surface area contributed by atoms with Gasteiger partial charge in [-0.25, -0.2) is 4.79 Å². The van der Waals surface area contributed by atoms with E-state index in [1.54, 1.807) is 6.20 Å². The van der Waals surface area contributed by atoms with Gasteiger partial charge in [-0.15, -0.1) is 0 Å². The van der Waals surface area contributed by atoms with Gasteiger partial charge in [-0.3, -0.25) is 5.10 Å². The fourth-order valence-corrected chi connectivity index (χ4v) is 2.08. The molecule has 0 fully saturated rings. The number of hydrogen-bond acceptors (Lipinski definition) is 2. The van der Waals surface area contributed by atoms with Crippen molar-refractivity contribution in [2.45, 2.75) is 32.9 Å². The summed E-state index contributed by atoms with van der Waals surface area (Å²) >= 11 is 0. The van der Waals surface area contributed by atoms with E-state index in [1.807, 2.05) is 13.8 Å². The number of nitrogens with one attached hydrogen (secondary N) is 1. The fraction of sp³-hybridized carbons (Fsp3) is 0.600. The van der Waals surface area contributed by atoms with Crippen LogP contribution in [-0.2, 0) is 13.0 Å². The Morgan fingerprint density at radius 2 is 2.47 bits per heavy atom. The largest absolute Gasteiger partial charge is 0.465 e. The highest BCUT2D eigenvalue weighted by atomic mass is 16.4. The number of nitrogens with zero attached hydrogens (tertiary/aromatic N) is 2. The first-order valence-electron chi connectivity index (χ1n) is 5.10. The number of aromatic nitrogens is 2. The lowest BCUT2D eigenvalue weighted by Gasteiger charge is -2.35. The van der Waals surface area contributed by atoms with E-state index in [4.69, 9.17) is 5.11 Å². The van der Waals surface area contributed by atoms with E-state index in [2.05, 4.69) is 10.2 Å². The fourth-order valence-electron chi connectivity index (χ4n) is 2.08. The van der Waals surface area contributed by atoms with Gasteiger partial charge in [0.1, 0.15) is 0 Å². The average molecular weight is 209 g/mol. The van der Waals surface area contributed by atoms with Crippen molar-refractivity contribution in [3.8, 4) is 0 Å². The Labute approximate surface area is 88.1 Å². The van der Waals surface area contributed by atoms with Gasteiger partial charge in [0.05, 0.1) is 12.7 Å². The van der Waals surface area contributed by atoms with Crippen molar-refractivity contribution < 1.29 is 9.90 Å². The summed E-state index contributed by atoms with van der Waals surface area (Å²) in [6.07, 6.45) is 1.60. The van der Waals surface area contributed by atoms with Crippen molar-refractivity contribution in [2.24, 2.45) is 5.92 Å². The number of aromatic amines is 1. The van der Waals surface area contributed by atoms with Crippen LogP contribution < -0.4 is 0 Å². The molecule has 2 heterocycles. The smallest absolute Gasteiger partial charge is 0.407 e. The predicted octanol–water partition coefficient (Wildman–Crippen LogP) is 1.47. The standard InChI is InChI=1S/C10H15N3O2/c1-6(2)9-3-8-7(4-11-12-8)5-13(9)10(14)15/h4,6,9H,3,5H2,1-2H3,(H,11,12)(H,14,15). The average Bonchev–Trinajstić information content (AvgIpc) is 2.61. The monoisotopic (exact) mass is 209 g/mol. The van der Waals surface area contributed by atoms with E-state index in [0.717, 1.165) is 17.7 Å². The first-order valence-corrected chi connectivity index (χ1v) is 5.10. The van der Waals surface area contributed by atoms with Gasteiger partial charge in [0.25, 0.3) is 0 Å². The van der Waals surface area contributed by atoms with Gasteiger partial charge >= 0.3 is 6.09 Å². The first-order chi connectivity index (χ1) is 7.09. The van der Waals surface area contributed by atoms with E-state index >= 15 is 0 Å². The quantitative estimate of drug-likeness (QED) is 0.735. The number of carbonyl (C=O) groups is 1. The van der Waals surface area contributed by atoms with Gasteiger partial charge in [0.15, 0.2) is 0 Å². The SMILES string of the molecule is CC(C)C1Cc2[nH]ncc2CN1C(=O)O. The van der Waals surface area contributed by atoms with Gasteiger partial charge in [-0.1, -0.05) is 13.8 Å². The molecule has 0 radical (unpaired) electrons. The molecule has 1 amide bonds. The van der Waals surface area contributed by atoms with Crippen molar-refractivity contribution in [3.63, 3.8) is 0 Å². The minimum atomic E-state index is -0.847. The summed E-state index contributed by atoms with van der Waals surface area (Å²) in [5, 5.41) is 16.0. The minimum absolute atomic E-state index is 0.0513. The number of amides is 1. The molecule has 0 aromatic carbocycles. The van der Waals surface area contributed by atoms with Crippen LogP contribution in [0.5, 0.6) is 0 Å². The third-order valence-corrected chi connectivity index (χ3v) is 2.98. The van der Waals surface area contributed by atoms with E-state index in [1.165, 1.54) is 4.90 Å². The maximum absolute atomic E-state index is 11.1. The predicted molar refractivity (Wildman–Crippen MR) is 54.5 cm³/mol. The molecule has 5 heteroatoms. The minimum Gasteiger partial charge on any atom is -0.465 e. The van der Waals surface area contributed by atoms with Crippen molar-refractivity contribution in [3.05, 3.63) is 17.5 Å². The second-order valence-corrected chi connectivity index (χ2v) is 4.30. The molecule has 0 bridgehead atoms. The molecule has 15 heavy (non-hydrogen) atoms. The summed E-state index contributed by atoms with van der Waals surface area (Å²) in [6, 6.07) is 0.0513. The maximum atomic E-state index is 11.1. The number of carboxylic acid groups (broad SMARTS) is 1. The molecule has 2 rings (SSSR count). The van der Waals surface area contributed by atoms with Crippen LogP contribution in [0.1, 0.15) is 25.1 Å². The number of hydrogen-bond donors (Lipinski definition) is 2. The molecule has 1 aromatic heterocycles. The zero-order valence-electron chi connectivity index (χ0n) is 8.90. The second-order valence-electron chi connectivity index (χ2n) is 4.30. The molecule has 0 saturated carbocycles. The number of rotatable bonds is 1. The Kier molecular flexibility index (Phi) is 2.38. The molecular formula is C10H15N3O2. The zero-order valence-corrected chi connectivity index (χ0v) is 8.90. The van der Waals surface area contributed by atoms with Crippen molar-refractivity contribution in [2.75, 3.05) is 0 Å². The molecule has 82 valence electrons. The summed E-state index contributed by atoms with van der Waals surface area (Å²) in [5.41, 5.74) is 2.07. The molecule has 2 N–H and O–H groups in total. The van der Waals surface area contributed by atoms with Crippen molar-refractivity contribution >= 4 is 6.09 Å². The molecule has 1 aromatic rings. The molecule has 1 unspecified atom stereocenters. The van der Waals surface area contributed by atoms with Crippen LogP contribution in [0.3, 0.4) is 0 Å². The van der Waals surface area contributed by atoms with Crippen molar-refractivity contribution in [1.29, 1.82) is 0 Å². The van der Waals surface area contributed by atoms with Crippen LogP contribution in [0, 0.1) is 5.92 Å². The highest BCUT2D eigenvalue weighted by Crippen LogP contribution is 2.25. The molecule has 1 atom stereocenters. The topological polar surface area (TPSA) is 69.2 Å². The van der Waals surface area contributed by atoms with Crippen LogP contribution in [0.2, 0.25) is 0 Å². The molecule has 5 nitrogen and oxygen atoms in total. The van der Waals surface area contributed by atoms with Crippen LogP contribution in [0.25, 0.3) is 0 Å². The Balaban J connectivity index is 2.29. The van der Waals surface area contributed by atoms with E-state index in [0.29, 0.717) is 12.5 Å². The van der Waals surface area contributed by atoms with Crippen LogP contribution in [0.4, 0.5) is 4.79 Å². The van der Waals surface area contributed by atoms with Gasteiger partial charge in [-0.2, -0.15) is 5.10 Å². The maximum Gasteiger partial charge on any atom is 0.407 e. The molecule has 0 aliphatic carbocycles. The lowest BCUT2D eigenvalue weighted by molar-refractivity contribution is 0.0985. The van der Waals surface area contributed by atoms with Gasteiger partial charge in [0, 0.05) is 23.7 Å². The van der Waals surface area contributed by atoms with Gasteiger partial charge < -0.3 is 10.0 Å². The van der Waals surface area contributed by atoms with Gasteiger partial charge in [-0.05, 0) is 5.92 Å². The molecular weight excluding hydrogens is 194 g/mol. The Hall–Kier alpha value is -1.52. The Bertz CT molecular complexity index is 372. The third kappa shape index (κ3) is 1.69. The normalized spacial score (nSPS) is 20.5. The highest BCUT2D eigenvalue weighted by molar-refractivity contribution is 5.66. The Morgan fingerprint density at radius 1 is 1.73 bits per heavy atom. The van der Waals surface area contributed by atoms with E-state index in [9.17, 15) is 4.79 Å². The molecule has 0 saturated heterocycles. The van der Waals surface area contributed by atoms with E-state index in [-0.39, 0.29) is 6.04 Å². The number of fused-ring (bicyclic) bond motifs is 1. The summed E-state index contributed by atoms with van der Waals surface area (Å²) in [7, 11) is 0. The summed E-state index contributed by atoms with van der Waals surface area (Å²) in [6.45, 7) is 4.54. The van der Waals surface area contributed by atoms with E-state index < -0.39 is 6.09 Å². The van der Waals surface area contributed by atoms with Crippen LogP contribution in [-0.4, -0.2) is 32.3 Å². The molecule has 0 spiro atoms. The third-order valence-electron chi connectivity index (χ3n) is 2.98. The first kappa shape index (κ1) is 10.0.